The lowest BCUT2D eigenvalue weighted by Gasteiger charge is -2.35. The fraction of sp³-hybridized carbons (Fsp3) is 0.571. The molecule has 28 heavy (non-hydrogen) atoms. The number of amides is 3. The van der Waals surface area contributed by atoms with Crippen LogP contribution in [-0.2, 0) is 14.4 Å². The van der Waals surface area contributed by atoms with E-state index in [4.69, 9.17) is 0 Å². The Labute approximate surface area is 167 Å². The predicted molar refractivity (Wildman–Crippen MR) is 112 cm³/mol. The van der Waals surface area contributed by atoms with Crippen LogP contribution in [0, 0.1) is 6.92 Å². The molecule has 7 heteroatoms. The van der Waals surface area contributed by atoms with Crippen molar-refractivity contribution in [1.82, 2.24) is 9.80 Å². The van der Waals surface area contributed by atoms with E-state index in [1.54, 1.807) is 21.6 Å². The standard InChI is InChI=1S/C21H32N4O3/c1-6-22(7-2)19-8-9-20(16(3)14-19)25(18(5)27)15-21(28)24-12-10-23(11-13-24)17(4)26/h8-9,14H,6-7,10-13,15H2,1-5H3. The van der Waals surface area contributed by atoms with E-state index in [-0.39, 0.29) is 24.3 Å². The van der Waals surface area contributed by atoms with Crippen molar-refractivity contribution in [2.75, 3.05) is 55.6 Å². The van der Waals surface area contributed by atoms with Crippen LogP contribution in [0.15, 0.2) is 18.2 Å². The lowest BCUT2D eigenvalue weighted by Crippen LogP contribution is -2.52. The van der Waals surface area contributed by atoms with E-state index in [1.165, 1.54) is 6.92 Å². The summed E-state index contributed by atoms with van der Waals surface area (Å²) in [6.07, 6.45) is 0. The molecule has 0 radical (unpaired) electrons. The first kappa shape index (κ1) is 21.7. The first-order chi connectivity index (χ1) is 13.3. The molecule has 1 aliphatic rings. The number of rotatable bonds is 6. The van der Waals surface area contributed by atoms with Gasteiger partial charge in [0.2, 0.25) is 17.7 Å². The van der Waals surface area contributed by atoms with E-state index in [9.17, 15) is 14.4 Å². The molecule has 1 fully saturated rings. The van der Waals surface area contributed by atoms with E-state index in [2.05, 4.69) is 24.8 Å². The number of carbonyl (C=O) groups excluding carboxylic acids is 3. The van der Waals surface area contributed by atoms with Crippen LogP contribution in [0.1, 0.15) is 33.3 Å². The van der Waals surface area contributed by atoms with Gasteiger partial charge in [0, 0.05) is 64.5 Å². The van der Waals surface area contributed by atoms with Crippen LogP contribution in [-0.4, -0.2) is 73.3 Å². The number of benzene rings is 1. The van der Waals surface area contributed by atoms with Gasteiger partial charge in [0.1, 0.15) is 6.54 Å². The summed E-state index contributed by atoms with van der Waals surface area (Å²) in [6.45, 7) is 13.1. The Balaban J connectivity index is 2.12. The normalized spacial score (nSPS) is 14.0. The number of anilines is 2. The van der Waals surface area contributed by atoms with Crippen molar-refractivity contribution in [3.8, 4) is 0 Å². The fourth-order valence-electron chi connectivity index (χ4n) is 3.60. The lowest BCUT2D eigenvalue weighted by molar-refractivity contribution is -0.137. The van der Waals surface area contributed by atoms with Crippen LogP contribution < -0.4 is 9.80 Å². The molecule has 1 aromatic rings. The maximum Gasteiger partial charge on any atom is 0.242 e. The Morgan fingerprint density at radius 3 is 2.00 bits per heavy atom. The van der Waals surface area contributed by atoms with Gasteiger partial charge in [-0.1, -0.05) is 0 Å². The van der Waals surface area contributed by atoms with E-state index in [0.29, 0.717) is 26.2 Å². The average Bonchev–Trinajstić information content (AvgIpc) is 2.67. The molecule has 1 heterocycles. The van der Waals surface area contributed by atoms with Gasteiger partial charge >= 0.3 is 0 Å². The van der Waals surface area contributed by atoms with E-state index >= 15 is 0 Å². The van der Waals surface area contributed by atoms with Crippen molar-refractivity contribution in [3.63, 3.8) is 0 Å². The molecule has 7 nitrogen and oxygen atoms in total. The molecule has 1 aliphatic heterocycles. The minimum absolute atomic E-state index is 0.0147. The summed E-state index contributed by atoms with van der Waals surface area (Å²) in [6, 6.07) is 5.99. The number of nitrogens with zero attached hydrogens (tertiary/aromatic N) is 4. The second-order valence-corrected chi connectivity index (χ2v) is 7.14. The quantitative estimate of drug-likeness (QED) is 0.747. The SMILES string of the molecule is CCN(CC)c1ccc(N(CC(=O)N2CCN(C(C)=O)CC2)C(C)=O)c(C)c1. The second kappa shape index (κ2) is 9.57. The highest BCUT2D eigenvalue weighted by Crippen LogP contribution is 2.26. The van der Waals surface area contributed by atoms with Crippen molar-refractivity contribution in [1.29, 1.82) is 0 Å². The van der Waals surface area contributed by atoms with Gasteiger partial charge < -0.3 is 19.6 Å². The molecular weight excluding hydrogens is 356 g/mol. The van der Waals surface area contributed by atoms with Crippen LogP contribution in [0.4, 0.5) is 11.4 Å². The van der Waals surface area contributed by atoms with Crippen molar-refractivity contribution in [2.45, 2.75) is 34.6 Å². The lowest BCUT2D eigenvalue weighted by atomic mass is 10.1. The molecule has 0 atom stereocenters. The van der Waals surface area contributed by atoms with Crippen molar-refractivity contribution >= 4 is 29.1 Å². The third kappa shape index (κ3) is 5.03. The minimum Gasteiger partial charge on any atom is -0.372 e. The summed E-state index contributed by atoms with van der Waals surface area (Å²) in [7, 11) is 0. The van der Waals surface area contributed by atoms with Crippen LogP contribution in [0.2, 0.25) is 0 Å². The second-order valence-electron chi connectivity index (χ2n) is 7.14. The number of piperazine rings is 1. The summed E-state index contributed by atoms with van der Waals surface area (Å²) in [5.41, 5.74) is 2.84. The van der Waals surface area contributed by atoms with Crippen molar-refractivity contribution < 1.29 is 14.4 Å². The Morgan fingerprint density at radius 2 is 1.54 bits per heavy atom. The highest BCUT2D eigenvalue weighted by molar-refractivity contribution is 5.98. The molecule has 0 unspecified atom stereocenters. The summed E-state index contributed by atoms with van der Waals surface area (Å²) in [4.78, 5) is 43.7. The largest absolute Gasteiger partial charge is 0.372 e. The molecular formula is C21H32N4O3. The predicted octanol–water partition coefficient (Wildman–Crippen LogP) is 1.88. The van der Waals surface area contributed by atoms with Crippen LogP contribution in [0.25, 0.3) is 0 Å². The van der Waals surface area contributed by atoms with Gasteiger partial charge in [-0.05, 0) is 44.5 Å². The van der Waals surface area contributed by atoms with Gasteiger partial charge in [-0.15, -0.1) is 0 Å². The number of aryl methyl sites for hydroxylation is 1. The number of hydrogen-bond acceptors (Lipinski definition) is 4. The van der Waals surface area contributed by atoms with Gasteiger partial charge in [-0.3, -0.25) is 14.4 Å². The Morgan fingerprint density at radius 1 is 0.964 bits per heavy atom. The summed E-state index contributed by atoms with van der Waals surface area (Å²) >= 11 is 0. The van der Waals surface area contributed by atoms with E-state index in [0.717, 1.165) is 30.0 Å². The number of carbonyl (C=O) groups is 3. The van der Waals surface area contributed by atoms with Crippen LogP contribution in [0.3, 0.4) is 0 Å². The topological polar surface area (TPSA) is 64.2 Å². The van der Waals surface area contributed by atoms with E-state index in [1.807, 2.05) is 19.1 Å². The van der Waals surface area contributed by atoms with Gasteiger partial charge in [0.15, 0.2) is 0 Å². The molecule has 1 saturated heterocycles. The molecule has 154 valence electrons. The van der Waals surface area contributed by atoms with Crippen LogP contribution in [0.5, 0.6) is 0 Å². The molecule has 1 aromatic carbocycles. The maximum atomic E-state index is 12.8. The molecule has 0 aliphatic carbocycles. The van der Waals surface area contributed by atoms with Crippen LogP contribution >= 0.6 is 0 Å². The molecule has 3 amide bonds. The third-order valence-corrected chi connectivity index (χ3v) is 5.35. The highest BCUT2D eigenvalue weighted by atomic mass is 16.2. The summed E-state index contributed by atoms with van der Waals surface area (Å²) < 4.78 is 0. The molecule has 0 saturated carbocycles. The average molecular weight is 389 g/mol. The Hall–Kier alpha value is -2.57. The van der Waals surface area contributed by atoms with Gasteiger partial charge in [0.25, 0.3) is 0 Å². The maximum absolute atomic E-state index is 12.8. The highest BCUT2D eigenvalue weighted by Gasteiger charge is 2.25. The number of hydrogen-bond donors (Lipinski definition) is 0. The zero-order valence-corrected chi connectivity index (χ0v) is 17.7. The molecule has 0 spiro atoms. The zero-order valence-electron chi connectivity index (χ0n) is 17.7. The van der Waals surface area contributed by atoms with Gasteiger partial charge in [-0.2, -0.15) is 0 Å². The first-order valence-corrected chi connectivity index (χ1v) is 9.95. The molecule has 2 rings (SSSR count). The first-order valence-electron chi connectivity index (χ1n) is 9.95. The van der Waals surface area contributed by atoms with Crippen molar-refractivity contribution in [3.05, 3.63) is 23.8 Å². The molecule has 0 aromatic heterocycles. The Bertz CT molecular complexity index is 722. The monoisotopic (exact) mass is 388 g/mol. The van der Waals surface area contributed by atoms with E-state index < -0.39 is 0 Å². The van der Waals surface area contributed by atoms with Gasteiger partial charge in [0.05, 0.1) is 0 Å². The fourth-order valence-corrected chi connectivity index (χ4v) is 3.60. The van der Waals surface area contributed by atoms with Crippen molar-refractivity contribution in [2.24, 2.45) is 0 Å². The smallest absolute Gasteiger partial charge is 0.242 e. The molecule has 0 N–H and O–H groups in total. The summed E-state index contributed by atoms with van der Waals surface area (Å²) in [5, 5.41) is 0. The van der Waals surface area contributed by atoms with Gasteiger partial charge in [-0.25, -0.2) is 0 Å². The zero-order chi connectivity index (χ0) is 20.8. The Kier molecular flexibility index (Phi) is 7.43. The third-order valence-electron chi connectivity index (χ3n) is 5.35. The minimum atomic E-state index is -0.158. The molecule has 0 bridgehead atoms. The summed E-state index contributed by atoms with van der Waals surface area (Å²) in [5.74, 6) is -0.221.